The van der Waals surface area contributed by atoms with Crippen LogP contribution in [0.15, 0.2) is 60.8 Å². The Morgan fingerprint density at radius 3 is 2.67 bits per heavy atom. The van der Waals surface area contributed by atoms with E-state index < -0.39 is 0 Å². The zero-order valence-electron chi connectivity index (χ0n) is 17.7. The van der Waals surface area contributed by atoms with Crippen LogP contribution in [0.1, 0.15) is 56.1 Å². The molecule has 30 heavy (non-hydrogen) atoms. The van der Waals surface area contributed by atoms with Gasteiger partial charge in [0.2, 0.25) is 0 Å². The van der Waals surface area contributed by atoms with Gasteiger partial charge in [-0.15, -0.1) is 0 Å². The van der Waals surface area contributed by atoms with Gasteiger partial charge in [-0.05, 0) is 97.1 Å². The summed E-state index contributed by atoms with van der Waals surface area (Å²) in [7, 11) is 0. The van der Waals surface area contributed by atoms with Crippen molar-refractivity contribution in [3.05, 3.63) is 71.9 Å². The van der Waals surface area contributed by atoms with E-state index in [1.54, 1.807) is 0 Å². The largest absolute Gasteiger partial charge is 0.508 e. The molecule has 1 aromatic heterocycles. The number of hydrogen-bond donors (Lipinski definition) is 2. The Morgan fingerprint density at radius 1 is 0.967 bits per heavy atom. The average Bonchev–Trinajstić information content (AvgIpc) is 3.08. The molecule has 0 amide bonds. The summed E-state index contributed by atoms with van der Waals surface area (Å²) in [6.07, 6.45) is 8.59. The van der Waals surface area contributed by atoms with Crippen LogP contribution in [0.3, 0.4) is 0 Å². The highest BCUT2D eigenvalue weighted by Gasteiger charge is 2.54. The molecule has 2 aromatic carbocycles. The van der Waals surface area contributed by atoms with Crippen LogP contribution in [0.4, 0.5) is 0 Å². The summed E-state index contributed by atoms with van der Waals surface area (Å²) >= 11 is 0. The number of phenols is 1. The Labute approximate surface area is 178 Å². The first-order valence-electron chi connectivity index (χ1n) is 11.4. The topological polar surface area (TPSA) is 53.4 Å². The standard InChI is InChI=1S/C18H24O2.C9H7N/c1-18-9-8-14-13-5-3-12(19)10-11(13)2-4-15(14)16(18)6-7-17(18)20;1-2-6-9-8(4-1)5-3-7-10-9/h3,5,10,14-17,19-20H,2,4,6-9H2,1H3;1-7H/t14-,15-,16+,17-,18+;/m1./s1. The summed E-state index contributed by atoms with van der Waals surface area (Å²) in [5.74, 6) is 2.49. The number of pyridine rings is 1. The first kappa shape index (κ1) is 19.6. The molecule has 0 aliphatic heterocycles. The molecule has 0 saturated heterocycles. The third-order valence-corrected chi connectivity index (χ3v) is 8.17. The van der Waals surface area contributed by atoms with E-state index in [4.69, 9.17) is 0 Å². The van der Waals surface area contributed by atoms with Gasteiger partial charge in [-0.25, -0.2) is 0 Å². The minimum atomic E-state index is -0.0883. The van der Waals surface area contributed by atoms with Crippen molar-refractivity contribution in [2.24, 2.45) is 17.3 Å². The zero-order chi connectivity index (χ0) is 20.7. The molecule has 0 bridgehead atoms. The van der Waals surface area contributed by atoms with Gasteiger partial charge in [0.25, 0.3) is 0 Å². The van der Waals surface area contributed by atoms with Gasteiger partial charge in [0.05, 0.1) is 11.6 Å². The summed E-state index contributed by atoms with van der Waals surface area (Å²) in [5, 5.41) is 21.2. The van der Waals surface area contributed by atoms with Crippen LogP contribution < -0.4 is 0 Å². The third kappa shape index (κ3) is 3.30. The molecule has 2 N–H and O–H groups in total. The van der Waals surface area contributed by atoms with E-state index in [0.29, 0.717) is 17.6 Å². The molecule has 156 valence electrons. The summed E-state index contributed by atoms with van der Waals surface area (Å²) in [6.45, 7) is 2.32. The van der Waals surface area contributed by atoms with Crippen molar-refractivity contribution in [3.63, 3.8) is 0 Å². The fraction of sp³-hybridized carbons (Fsp3) is 0.444. The SMILES string of the molecule is C[C@]12CC[C@@H]3c4ccc(O)cc4CC[C@H]3[C@@H]1CC[C@H]2O.c1ccc2ncccc2c1. The highest BCUT2D eigenvalue weighted by molar-refractivity contribution is 5.77. The highest BCUT2D eigenvalue weighted by atomic mass is 16.3. The van der Waals surface area contributed by atoms with Crippen molar-refractivity contribution >= 4 is 10.9 Å². The van der Waals surface area contributed by atoms with Gasteiger partial charge >= 0.3 is 0 Å². The number of fused-ring (bicyclic) bond motifs is 6. The van der Waals surface area contributed by atoms with E-state index in [-0.39, 0.29) is 11.5 Å². The van der Waals surface area contributed by atoms with E-state index in [2.05, 4.69) is 30.1 Å². The quantitative estimate of drug-likeness (QED) is 0.497. The second-order valence-electron chi connectivity index (χ2n) is 9.63. The van der Waals surface area contributed by atoms with Gasteiger partial charge in [-0.3, -0.25) is 4.98 Å². The Bertz CT molecular complexity index is 982. The van der Waals surface area contributed by atoms with Crippen molar-refractivity contribution in [1.29, 1.82) is 0 Å². The second kappa shape index (κ2) is 7.70. The number of benzene rings is 2. The van der Waals surface area contributed by atoms with Crippen molar-refractivity contribution in [2.75, 3.05) is 0 Å². The first-order chi connectivity index (χ1) is 14.6. The number of aliphatic hydroxyl groups is 1. The van der Waals surface area contributed by atoms with Crippen LogP contribution in [0.2, 0.25) is 0 Å². The smallest absolute Gasteiger partial charge is 0.115 e. The third-order valence-electron chi connectivity index (χ3n) is 8.17. The molecule has 0 unspecified atom stereocenters. The van der Waals surface area contributed by atoms with E-state index in [9.17, 15) is 10.2 Å². The Kier molecular flexibility index (Phi) is 5.02. The number of aromatic nitrogens is 1. The van der Waals surface area contributed by atoms with Crippen molar-refractivity contribution in [3.8, 4) is 5.75 Å². The van der Waals surface area contributed by atoms with E-state index in [0.717, 1.165) is 30.7 Å². The van der Waals surface area contributed by atoms with Crippen LogP contribution in [0.25, 0.3) is 10.9 Å². The molecule has 3 aliphatic rings. The van der Waals surface area contributed by atoms with Crippen molar-refractivity contribution in [1.82, 2.24) is 4.98 Å². The number of hydrogen-bond acceptors (Lipinski definition) is 3. The molecule has 6 rings (SSSR count). The Hall–Kier alpha value is -2.39. The maximum Gasteiger partial charge on any atom is 0.115 e. The number of phenolic OH excluding ortho intramolecular Hbond substituents is 1. The molecule has 0 spiro atoms. The normalized spacial score (nSPS) is 31.8. The summed E-state index contributed by atoms with van der Waals surface area (Å²) < 4.78 is 0. The van der Waals surface area contributed by atoms with Crippen molar-refractivity contribution in [2.45, 2.75) is 57.5 Å². The maximum absolute atomic E-state index is 10.4. The van der Waals surface area contributed by atoms with Crippen LogP contribution >= 0.6 is 0 Å². The lowest BCUT2D eigenvalue weighted by Gasteiger charge is -2.50. The number of rotatable bonds is 0. The predicted octanol–water partition coefficient (Wildman–Crippen LogP) is 5.84. The summed E-state index contributed by atoms with van der Waals surface area (Å²) in [6, 6.07) is 18.0. The number of aryl methyl sites for hydroxylation is 1. The number of aromatic hydroxyl groups is 1. The monoisotopic (exact) mass is 401 g/mol. The Balaban J connectivity index is 0.000000161. The first-order valence-corrected chi connectivity index (χ1v) is 11.4. The van der Waals surface area contributed by atoms with Gasteiger partial charge in [-0.2, -0.15) is 0 Å². The zero-order valence-corrected chi connectivity index (χ0v) is 17.7. The van der Waals surface area contributed by atoms with Crippen LogP contribution in [0, 0.1) is 17.3 Å². The minimum absolute atomic E-state index is 0.0883. The lowest BCUT2D eigenvalue weighted by atomic mass is 9.55. The molecule has 2 saturated carbocycles. The molecular formula is C27H31NO2. The average molecular weight is 402 g/mol. The molecule has 0 radical (unpaired) electrons. The molecule has 1 heterocycles. The lowest BCUT2D eigenvalue weighted by molar-refractivity contribution is -0.0226. The van der Waals surface area contributed by atoms with E-state index >= 15 is 0 Å². The molecule has 3 nitrogen and oxygen atoms in total. The minimum Gasteiger partial charge on any atom is -0.508 e. The van der Waals surface area contributed by atoms with Gasteiger partial charge in [0.15, 0.2) is 0 Å². The fourth-order valence-corrected chi connectivity index (χ4v) is 6.56. The van der Waals surface area contributed by atoms with Crippen LogP contribution in [-0.2, 0) is 6.42 Å². The van der Waals surface area contributed by atoms with Gasteiger partial charge in [0, 0.05) is 11.6 Å². The number of aliphatic hydroxyl groups excluding tert-OH is 1. The highest BCUT2D eigenvalue weighted by Crippen LogP contribution is 2.60. The number of nitrogens with zero attached hydrogens (tertiary/aromatic N) is 1. The van der Waals surface area contributed by atoms with Crippen LogP contribution in [0.5, 0.6) is 5.75 Å². The van der Waals surface area contributed by atoms with Gasteiger partial charge in [-0.1, -0.05) is 37.3 Å². The van der Waals surface area contributed by atoms with E-state index in [1.807, 2.05) is 42.6 Å². The van der Waals surface area contributed by atoms with Gasteiger partial charge in [0.1, 0.15) is 5.75 Å². The summed E-state index contributed by atoms with van der Waals surface area (Å²) in [4.78, 5) is 4.18. The molecule has 5 atom stereocenters. The van der Waals surface area contributed by atoms with Crippen molar-refractivity contribution < 1.29 is 10.2 Å². The maximum atomic E-state index is 10.4. The molecular weight excluding hydrogens is 370 g/mol. The predicted molar refractivity (Wildman–Crippen MR) is 120 cm³/mol. The summed E-state index contributed by atoms with van der Waals surface area (Å²) in [5.41, 5.74) is 4.05. The fourth-order valence-electron chi connectivity index (χ4n) is 6.56. The Morgan fingerprint density at radius 2 is 1.80 bits per heavy atom. The van der Waals surface area contributed by atoms with Crippen LogP contribution in [-0.4, -0.2) is 21.3 Å². The van der Waals surface area contributed by atoms with Gasteiger partial charge < -0.3 is 10.2 Å². The molecule has 3 heteroatoms. The number of para-hydroxylation sites is 1. The molecule has 3 aromatic rings. The van der Waals surface area contributed by atoms with E-state index in [1.165, 1.54) is 35.8 Å². The molecule has 2 fully saturated rings. The lowest BCUT2D eigenvalue weighted by Crippen LogP contribution is -2.43. The molecule has 3 aliphatic carbocycles. The second-order valence-corrected chi connectivity index (χ2v) is 9.63.